The van der Waals surface area contributed by atoms with Crippen LogP contribution in [-0.4, -0.2) is 52.3 Å². The van der Waals surface area contributed by atoms with Gasteiger partial charge in [0.25, 0.3) is 0 Å². The van der Waals surface area contributed by atoms with Crippen molar-refractivity contribution in [2.75, 3.05) is 30.3 Å². The molecular weight excluding hydrogens is 531 g/mol. The molecule has 40 heavy (non-hydrogen) atoms. The second-order valence-corrected chi connectivity index (χ2v) is 11.6. The van der Waals surface area contributed by atoms with Crippen molar-refractivity contribution >= 4 is 33.2 Å². The van der Waals surface area contributed by atoms with Crippen molar-refractivity contribution in [3.63, 3.8) is 0 Å². The minimum absolute atomic E-state index is 0.220. The molecule has 2 aromatic carbocycles. The molecule has 10 nitrogen and oxygen atoms in total. The van der Waals surface area contributed by atoms with E-state index in [2.05, 4.69) is 35.9 Å². The summed E-state index contributed by atoms with van der Waals surface area (Å²) in [6, 6.07) is 13.0. The number of hydrogen-bond acceptors (Lipinski definition) is 9. The Balaban J connectivity index is 1.18. The van der Waals surface area contributed by atoms with Gasteiger partial charge >= 0.3 is 0 Å². The van der Waals surface area contributed by atoms with Gasteiger partial charge in [-0.2, -0.15) is 9.29 Å². The molecule has 1 fully saturated rings. The van der Waals surface area contributed by atoms with Gasteiger partial charge in [0.2, 0.25) is 16.0 Å². The van der Waals surface area contributed by atoms with E-state index in [4.69, 9.17) is 0 Å². The van der Waals surface area contributed by atoms with Gasteiger partial charge < -0.3 is 16.0 Å². The average Bonchev–Trinajstić information content (AvgIpc) is 2.96. The molecule has 0 bridgehead atoms. The Hall–Kier alpha value is -4.00. The zero-order valence-corrected chi connectivity index (χ0v) is 22.9. The van der Waals surface area contributed by atoms with E-state index in [1.54, 1.807) is 78.5 Å². The van der Waals surface area contributed by atoms with Crippen LogP contribution in [0.15, 0.2) is 78.2 Å². The molecule has 1 unspecified atom stereocenters. The number of piperidine rings is 1. The van der Waals surface area contributed by atoms with Gasteiger partial charge in [0.1, 0.15) is 11.6 Å². The molecule has 1 atom stereocenters. The van der Waals surface area contributed by atoms with Gasteiger partial charge in [-0.15, -0.1) is 0 Å². The minimum Gasteiger partial charge on any atom is -0.340 e. The number of aromatic nitrogens is 4. The van der Waals surface area contributed by atoms with Gasteiger partial charge in [-0.05, 0) is 86.3 Å². The number of halogens is 1. The number of anilines is 4. The number of aryl methyl sites for hydroxylation is 1. The molecule has 0 saturated carbocycles. The summed E-state index contributed by atoms with van der Waals surface area (Å²) in [5.41, 5.74) is 2.74. The fourth-order valence-electron chi connectivity index (χ4n) is 4.58. The number of rotatable bonds is 10. The first-order valence-corrected chi connectivity index (χ1v) is 14.5. The highest BCUT2D eigenvalue weighted by atomic mass is 32.2. The van der Waals surface area contributed by atoms with E-state index in [9.17, 15) is 12.8 Å². The van der Waals surface area contributed by atoms with E-state index < -0.39 is 10.0 Å². The van der Waals surface area contributed by atoms with Crippen LogP contribution in [-0.2, 0) is 16.6 Å². The number of nitrogens with one attached hydrogen (secondary N) is 3. The van der Waals surface area contributed by atoms with E-state index in [0.29, 0.717) is 54.9 Å². The lowest BCUT2D eigenvalue weighted by Gasteiger charge is -2.32. The van der Waals surface area contributed by atoms with Crippen molar-refractivity contribution in [2.24, 2.45) is 5.92 Å². The lowest BCUT2D eigenvalue weighted by atomic mass is 10.00. The molecule has 0 amide bonds. The second-order valence-electron chi connectivity index (χ2n) is 9.70. The molecule has 4 aromatic rings. The van der Waals surface area contributed by atoms with Crippen LogP contribution in [0.25, 0.3) is 0 Å². The van der Waals surface area contributed by atoms with Crippen LogP contribution in [0, 0.1) is 18.7 Å². The monoisotopic (exact) mass is 562 g/mol. The molecule has 1 aliphatic rings. The topological polar surface area (TPSA) is 125 Å². The summed E-state index contributed by atoms with van der Waals surface area (Å²) in [5.74, 6) is 0.826. The van der Waals surface area contributed by atoms with E-state index in [1.807, 2.05) is 0 Å². The molecule has 1 aliphatic heterocycles. The number of hydrogen-bond donors (Lipinski definition) is 3. The Bertz CT molecular complexity index is 1540. The summed E-state index contributed by atoms with van der Waals surface area (Å²) in [6.07, 6.45) is 8.40. The maximum Gasteiger partial charge on any atom is 0.243 e. The quantitative estimate of drug-likeness (QED) is 0.258. The van der Waals surface area contributed by atoms with Crippen LogP contribution >= 0.6 is 0 Å². The molecule has 1 saturated heterocycles. The van der Waals surface area contributed by atoms with Crippen molar-refractivity contribution in [3.05, 3.63) is 90.4 Å². The molecule has 0 spiro atoms. The summed E-state index contributed by atoms with van der Waals surface area (Å²) in [6.45, 7) is 3.98. The molecule has 3 N–H and O–H groups in total. The summed E-state index contributed by atoms with van der Waals surface area (Å²) in [5, 5.41) is 9.61. The average molecular weight is 563 g/mol. The highest BCUT2D eigenvalue weighted by Crippen LogP contribution is 2.25. The predicted octanol–water partition coefficient (Wildman–Crippen LogP) is 4.39. The predicted molar refractivity (Wildman–Crippen MR) is 151 cm³/mol. The smallest absolute Gasteiger partial charge is 0.243 e. The van der Waals surface area contributed by atoms with E-state index in [-0.39, 0.29) is 16.6 Å². The van der Waals surface area contributed by atoms with Crippen LogP contribution in [0.5, 0.6) is 0 Å². The van der Waals surface area contributed by atoms with Crippen molar-refractivity contribution in [2.45, 2.75) is 31.2 Å². The molecule has 0 radical (unpaired) electrons. The first kappa shape index (κ1) is 27.6. The fourth-order valence-corrected chi connectivity index (χ4v) is 6.14. The van der Waals surface area contributed by atoms with Crippen LogP contribution in [0.2, 0.25) is 0 Å². The lowest BCUT2D eigenvalue weighted by molar-refractivity contribution is 0.259. The van der Waals surface area contributed by atoms with Gasteiger partial charge in [-0.25, -0.2) is 17.8 Å². The molecule has 3 heterocycles. The maximum atomic E-state index is 13.6. The van der Waals surface area contributed by atoms with Crippen LogP contribution in [0.1, 0.15) is 24.1 Å². The molecule has 0 aliphatic carbocycles. The summed E-state index contributed by atoms with van der Waals surface area (Å²) in [7, 11) is -3.62. The van der Waals surface area contributed by atoms with E-state index in [1.165, 1.54) is 6.07 Å². The normalized spacial score (nSPS) is 16.0. The third kappa shape index (κ3) is 6.95. The Morgan fingerprint density at radius 2 is 1.82 bits per heavy atom. The van der Waals surface area contributed by atoms with Gasteiger partial charge in [0.15, 0.2) is 0 Å². The van der Waals surface area contributed by atoms with Gasteiger partial charge in [0.05, 0.1) is 10.6 Å². The van der Waals surface area contributed by atoms with Gasteiger partial charge in [-0.1, -0.05) is 0 Å². The minimum atomic E-state index is -3.62. The van der Waals surface area contributed by atoms with E-state index in [0.717, 1.165) is 18.5 Å². The van der Waals surface area contributed by atoms with Crippen LogP contribution < -0.4 is 16.0 Å². The number of benzene rings is 2. The Morgan fingerprint density at radius 3 is 2.60 bits per heavy atom. The second kappa shape index (κ2) is 12.5. The first-order valence-electron chi connectivity index (χ1n) is 13.1. The molecule has 208 valence electrons. The zero-order chi connectivity index (χ0) is 28.0. The number of nitrogens with zero attached hydrogens (tertiary/aromatic N) is 5. The maximum absolute atomic E-state index is 13.6. The highest BCUT2D eigenvalue weighted by molar-refractivity contribution is 7.89. The number of sulfonamides is 1. The van der Waals surface area contributed by atoms with E-state index >= 15 is 0 Å². The Kier molecular flexibility index (Phi) is 8.58. The first-order chi connectivity index (χ1) is 19.4. The highest BCUT2D eigenvalue weighted by Gasteiger charge is 2.30. The lowest BCUT2D eigenvalue weighted by Crippen LogP contribution is -2.42. The molecular formula is C28H31FN8O2S. The summed E-state index contributed by atoms with van der Waals surface area (Å²) < 4.78 is 41.9. The Morgan fingerprint density at radius 1 is 1.00 bits per heavy atom. The van der Waals surface area contributed by atoms with Crippen molar-refractivity contribution in [1.29, 1.82) is 0 Å². The Labute approximate surface area is 233 Å². The van der Waals surface area contributed by atoms with Crippen molar-refractivity contribution in [3.8, 4) is 0 Å². The molecule has 5 rings (SSSR count). The molecule has 12 heteroatoms. The third-order valence-corrected chi connectivity index (χ3v) is 8.55. The van der Waals surface area contributed by atoms with Gasteiger partial charge in [-0.3, -0.25) is 9.97 Å². The summed E-state index contributed by atoms with van der Waals surface area (Å²) >= 11 is 0. The fraction of sp³-hybridized carbons (Fsp3) is 0.286. The molecule has 2 aromatic heterocycles. The van der Waals surface area contributed by atoms with Crippen molar-refractivity contribution in [1.82, 2.24) is 29.6 Å². The largest absolute Gasteiger partial charge is 0.340 e. The summed E-state index contributed by atoms with van der Waals surface area (Å²) in [4.78, 5) is 17.3. The van der Waals surface area contributed by atoms with Crippen LogP contribution in [0.3, 0.4) is 0 Å². The third-order valence-electron chi connectivity index (χ3n) is 6.67. The zero-order valence-electron chi connectivity index (χ0n) is 22.1. The van der Waals surface area contributed by atoms with Gasteiger partial charge in [0, 0.05) is 55.8 Å². The van der Waals surface area contributed by atoms with Crippen molar-refractivity contribution < 1.29 is 12.8 Å². The van der Waals surface area contributed by atoms with Crippen LogP contribution in [0.4, 0.5) is 27.5 Å². The standard InChI is InChI=1S/C28H31FN8O2S/c1-20-15-23(6-9-26(20)29)34-27-10-11-33-28(36-27)35-22-4-7-25(8-5-22)40(38,39)37-14-2-3-21(19-37)16-31-18-24-17-30-12-13-32-24/h4-13,15,17,21,31H,2-3,14,16,18-19H2,1H3,(H2,33,34,35,36). The SMILES string of the molecule is Cc1cc(Nc2ccnc(Nc3ccc(S(=O)(=O)N4CCCC(CNCc5cnccn5)C4)cc3)n2)ccc1F.